The molecule has 0 aromatic heterocycles. The lowest BCUT2D eigenvalue weighted by molar-refractivity contribution is -0.130. The molecule has 152 valence electrons. The number of benzene rings is 2. The summed E-state index contributed by atoms with van der Waals surface area (Å²) < 4.78 is 6.47. The maximum absolute atomic E-state index is 12.4. The van der Waals surface area contributed by atoms with Crippen molar-refractivity contribution in [2.24, 2.45) is 0 Å². The molecule has 2 aliphatic rings. The van der Waals surface area contributed by atoms with Gasteiger partial charge in [0, 0.05) is 31.5 Å². The van der Waals surface area contributed by atoms with Crippen LogP contribution in [0.15, 0.2) is 54.6 Å². The quantitative estimate of drug-likeness (QED) is 0.838. The lowest BCUT2D eigenvalue weighted by Crippen LogP contribution is -2.46. The van der Waals surface area contributed by atoms with Gasteiger partial charge in [-0.25, -0.2) is 0 Å². The number of hydrogen-bond donors (Lipinski definition) is 1. The summed E-state index contributed by atoms with van der Waals surface area (Å²) in [6.07, 6.45) is 4.73. The molecule has 1 amide bonds. The van der Waals surface area contributed by atoms with Gasteiger partial charge in [-0.05, 0) is 55.8 Å². The van der Waals surface area contributed by atoms with E-state index < -0.39 is 0 Å². The molecule has 2 aromatic carbocycles. The molecular formula is C25H30N2O2. The number of fused-ring (bicyclic) bond motifs is 1. The van der Waals surface area contributed by atoms with E-state index in [9.17, 15) is 4.79 Å². The van der Waals surface area contributed by atoms with Crippen LogP contribution in [0.1, 0.15) is 43.4 Å². The first kappa shape index (κ1) is 19.7. The molecule has 0 saturated carbocycles. The van der Waals surface area contributed by atoms with Crippen molar-refractivity contribution in [3.05, 3.63) is 71.3 Å². The number of carbonyl (C=O) groups is 1. The molecular weight excluding hydrogens is 360 g/mol. The highest BCUT2D eigenvalue weighted by Crippen LogP contribution is 2.42. The molecule has 1 saturated heterocycles. The summed E-state index contributed by atoms with van der Waals surface area (Å²) in [5.41, 5.74) is 4.38. The van der Waals surface area contributed by atoms with Gasteiger partial charge in [-0.2, -0.15) is 0 Å². The molecule has 0 radical (unpaired) electrons. The van der Waals surface area contributed by atoms with Crippen molar-refractivity contribution >= 4 is 11.5 Å². The van der Waals surface area contributed by atoms with Crippen LogP contribution < -0.4 is 10.1 Å². The third-order valence-electron chi connectivity index (χ3n) is 6.08. The van der Waals surface area contributed by atoms with E-state index in [1.165, 1.54) is 11.1 Å². The van der Waals surface area contributed by atoms with Crippen LogP contribution in [0, 0.1) is 0 Å². The Morgan fingerprint density at radius 3 is 2.41 bits per heavy atom. The van der Waals surface area contributed by atoms with Gasteiger partial charge >= 0.3 is 0 Å². The fourth-order valence-corrected chi connectivity index (χ4v) is 4.37. The number of amides is 1. The van der Waals surface area contributed by atoms with Crippen molar-refractivity contribution in [3.8, 4) is 5.75 Å². The molecule has 0 unspecified atom stereocenters. The average Bonchev–Trinajstić information content (AvgIpc) is 2.75. The Bertz CT molecular complexity index is 891. The second kappa shape index (κ2) is 8.42. The summed E-state index contributed by atoms with van der Waals surface area (Å²) in [6.45, 7) is 7.51. The van der Waals surface area contributed by atoms with E-state index in [1.807, 2.05) is 24.8 Å². The number of para-hydroxylation sites is 1. The zero-order valence-corrected chi connectivity index (χ0v) is 17.4. The molecule has 0 atom stereocenters. The molecule has 1 N–H and O–H groups in total. The molecule has 0 aliphatic carbocycles. The number of hydrogen-bond acceptors (Lipinski definition) is 3. The number of nitrogens with one attached hydrogen (secondary N) is 1. The summed E-state index contributed by atoms with van der Waals surface area (Å²) in [6, 6.07) is 16.8. The fourth-order valence-electron chi connectivity index (χ4n) is 4.37. The Labute approximate surface area is 173 Å². The summed E-state index contributed by atoms with van der Waals surface area (Å²) in [4.78, 5) is 14.3. The Balaban J connectivity index is 1.63. The van der Waals surface area contributed by atoms with Crippen molar-refractivity contribution in [2.45, 2.75) is 38.7 Å². The van der Waals surface area contributed by atoms with Crippen LogP contribution in [0.2, 0.25) is 0 Å². The molecule has 0 bridgehead atoms. The van der Waals surface area contributed by atoms with Crippen LogP contribution >= 0.6 is 0 Å². The Kier molecular flexibility index (Phi) is 5.72. The third-order valence-corrected chi connectivity index (χ3v) is 6.08. The normalized spacial score (nSPS) is 17.2. The largest absolute Gasteiger partial charge is 0.482 e. The van der Waals surface area contributed by atoms with Crippen molar-refractivity contribution in [3.63, 3.8) is 0 Å². The van der Waals surface area contributed by atoms with Crippen LogP contribution in [0.5, 0.6) is 5.75 Å². The van der Waals surface area contributed by atoms with Gasteiger partial charge in [0.15, 0.2) is 0 Å². The fraction of sp³-hybridized carbons (Fsp3) is 0.400. The van der Waals surface area contributed by atoms with Crippen LogP contribution in [0.25, 0.3) is 5.57 Å². The Hall–Kier alpha value is -2.59. The molecule has 4 rings (SSSR count). The predicted octanol–water partition coefficient (Wildman–Crippen LogP) is 4.04. The maximum Gasteiger partial charge on any atom is 0.226 e. The lowest BCUT2D eigenvalue weighted by Gasteiger charge is -2.40. The van der Waals surface area contributed by atoms with Crippen LogP contribution in [0.3, 0.4) is 0 Å². The molecule has 2 aliphatic heterocycles. The van der Waals surface area contributed by atoms with Gasteiger partial charge in [-0.3, -0.25) is 4.79 Å². The Morgan fingerprint density at radius 1 is 1.03 bits per heavy atom. The van der Waals surface area contributed by atoms with E-state index in [4.69, 9.17) is 4.74 Å². The topological polar surface area (TPSA) is 41.6 Å². The van der Waals surface area contributed by atoms with Gasteiger partial charge in [0.1, 0.15) is 11.4 Å². The number of carbonyl (C=O) groups excluding carboxylic acids is 1. The van der Waals surface area contributed by atoms with E-state index in [2.05, 4.69) is 53.9 Å². The number of piperidine rings is 1. The molecule has 2 aromatic rings. The van der Waals surface area contributed by atoms with E-state index >= 15 is 0 Å². The zero-order valence-electron chi connectivity index (χ0n) is 17.4. The van der Waals surface area contributed by atoms with Crippen LogP contribution in [0.4, 0.5) is 0 Å². The zero-order chi connectivity index (χ0) is 20.3. The highest BCUT2D eigenvalue weighted by molar-refractivity contribution is 5.85. The van der Waals surface area contributed by atoms with E-state index in [-0.39, 0.29) is 11.5 Å². The van der Waals surface area contributed by atoms with Crippen LogP contribution in [-0.4, -0.2) is 42.6 Å². The molecule has 2 heterocycles. The van der Waals surface area contributed by atoms with Crippen molar-refractivity contribution in [2.75, 3.05) is 26.2 Å². The Morgan fingerprint density at radius 2 is 1.72 bits per heavy atom. The second-order valence-corrected chi connectivity index (χ2v) is 7.91. The van der Waals surface area contributed by atoms with E-state index in [0.29, 0.717) is 6.42 Å². The first-order chi connectivity index (χ1) is 14.1. The highest BCUT2D eigenvalue weighted by Gasteiger charge is 2.36. The van der Waals surface area contributed by atoms with Crippen molar-refractivity contribution < 1.29 is 9.53 Å². The first-order valence-corrected chi connectivity index (χ1v) is 10.7. The van der Waals surface area contributed by atoms with Crippen molar-refractivity contribution in [1.82, 2.24) is 10.2 Å². The van der Waals surface area contributed by atoms with Crippen molar-refractivity contribution in [1.29, 1.82) is 0 Å². The SMILES string of the molecule is CCN(CC)C(=O)Cc1ccc(C2=CC3(CCNCC3)Oc3ccccc32)cc1. The number of rotatable bonds is 5. The number of ether oxygens (including phenoxy) is 1. The summed E-state index contributed by atoms with van der Waals surface area (Å²) in [7, 11) is 0. The van der Waals surface area contributed by atoms with E-state index in [1.54, 1.807) is 0 Å². The summed E-state index contributed by atoms with van der Waals surface area (Å²) in [5.74, 6) is 1.15. The maximum atomic E-state index is 12.4. The molecule has 1 spiro atoms. The number of nitrogens with zero attached hydrogens (tertiary/aromatic N) is 1. The molecule has 4 heteroatoms. The molecule has 4 nitrogen and oxygen atoms in total. The minimum atomic E-state index is -0.230. The monoisotopic (exact) mass is 390 g/mol. The highest BCUT2D eigenvalue weighted by atomic mass is 16.5. The third kappa shape index (κ3) is 4.08. The average molecular weight is 391 g/mol. The van der Waals surface area contributed by atoms with E-state index in [0.717, 1.165) is 55.9 Å². The summed E-state index contributed by atoms with van der Waals surface area (Å²) >= 11 is 0. The lowest BCUT2D eigenvalue weighted by atomic mass is 9.83. The van der Waals surface area contributed by atoms with Gasteiger partial charge in [0.05, 0.1) is 6.42 Å². The second-order valence-electron chi connectivity index (χ2n) is 7.91. The van der Waals surface area contributed by atoms with Gasteiger partial charge in [0.25, 0.3) is 0 Å². The van der Waals surface area contributed by atoms with Crippen LogP contribution in [-0.2, 0) is 11.2 Å². The van der Waals surface area contributed by atoms with Gasteiger partial charge < -0.3 is 15.0 Å². The first-order valence-electron chi connectivity index (χ1n) is 10.7. The number of likely N-dealkylation sites (N-methyl/N-ethyl adjacent to an activating group) is 1. The summed E-state index contributed by atoms with van der Waals surface area (Å²) in [5, 5.41) is 3.43. The predicted molar refractivity (Wildman–Crippen MR) is 117 cm³/mol. The van der Waals surface area contributed by atoms with Gasteiger partial charge in [-0.1, -0.05) is 42.5 Å². The van der Waals surface area contributed by atoms with Gasteiger partial charge in [-0.15, -0.1) is 0 Å². The molecule has 1 fully saturated rings. The standard InChI is InChI=1S/C25H30N2O2/c1-3-27(4-2)24(28)17-19-9-11-20(12-10-19)22-18-25(13-15-26-16-14-25)29-23-8-6-5-7-21(22)23/h5-12,18,26H,3-4,13-17H2,1-2H3. The minimum Gasteiger partial charge on any atom is -0.482 e. The minimum absolute atomic E-state index is 0.187. The molecule has 29 heavy (non-hydrogen) atoms. The smallest absolute Gasteiger partial charge is 0.226 e. The van der Waals surface area contributed by atoms with Gasteiger partial charge in [0.2, 0.25) is 5.91 Å².